The van der Waals surface area contributed by atoms with Crippen molar-refractivity contribution in [2.75, 3.05) is 5.75 Å². The number of benzene rings is 2. The van der Waals surface area contributed by atoms with Crippen LogP contribution < -0.4 is 0 Å². The van der Waals surface area contributed by atoms with Gasteiger partial charge in [-0.2, -0.15) is 26.3 Å². The number of rotatable bonds is 6. The molecule has 0 spiro atoms. The molecule has 5 nitrogen and oxygen atoms in total. The highest BCUT2D eigenvalue weighted by molar-refractivity contribution is 7.99. The number of thioether (sulfide) groups is 1. The zero-order valence-electron chi connectivity index (χ0n) is 17.8. The van der Waals surface area contributed by atoms with Crippen LogP contribution in [0, 0.1) is 0 Å². The van der Waals surface area contributed by atoms with E-state index >= 15 is 0 Å². The minimum atomic E-state index is -4.62. The highest BCUT2D eigenvalue weighted by Crippen LogP contribution is 2.34. The summed E-state index contributed by atoms with van der Waals surface area (Å²) >= 11 is 6.64. The Morgan fingerprint density at radius 1 is 0.889 bits per heavy atom. The zero-order chi connectivity index (χ0) is 26.1. The van der Waals surface area contributed by atoms with Crippen molar-refractivity contribution in [2.45, 2.75) is 17.5 Å². The van der Waals surface area contributed by atoms with Gasteiger partial charge in [-0.25, -0.2) is 4.98 Å². The fourth-order valence-electron chi connectivity index (χ4n) is 3.19. The van der Waals surface area contributed by atoms with Gasteiger partial charge in [0.15, 0.2) is 16.8 Å². The second-order valence-corrected chi connectivity index (χ2v) is 8.68. The van der Waals surface area contributed by atoms with Crippen molar-refractivity contribution in [1.29, 1.82) is 0 Å². The van der Waals surface area contributed by atoms with Gasteiger partial charge >= 0.3 is 12.4 Å². The van der Waals surface area contributed by atoms with Crippen LogP contribution in [0.2, 0.25) is 5.15 Å². The third-order valence-corrected chi connectivity index (χ3v) is 6.05. The Balaban J connectivity index is 1.70. The summed E-state index contributed by atoms with van der Waals surface area (Å²) in [5.41, 5.74) is -1.59. The van der Waals surface area contributed by atoms with E-state index < -0.39 is 29.3 Å². The van der Waals surface area contributed by atoms with Gasteiger partial charge in [-0.15, -0.1) is 10.2 Å². The van der Waals surface area contributed by atoms with E-state index in [-0.39, 0.29) is 33.1 Å². The number of aromatic nitrogens is 4. The molecule has 0 amide bonds. The van der Waals surface area contributed by atoms with E-state index in [1.165, 1.54) is 35.0 Å². The first-order valence-electron chi connectivity index (χ1n) is 10.0. The smallest absolute Gasteiger partial charge is 0.293 e. The maximum atomic E-state index is 13.3. The molecule has 4 aromatic rings. The molecule has 186 valence electrons. The zero-order valence-corrected chi connectivity index (χ0v) is 19.4. The van der Waals surface area contributed by atoms with Gasteiger partial charge in [0.25, 0.3) is 0 Å². The van der Waals surface area contributed by atoms with Crippen LogP contribution in [-0.4, -0.2) is 31.3 Å². The number of Topliss-reactive ketones (excluding diaryl/α,β-unsaturated/α-hetero) is 1. The van der Waals surface area contributed by atoms with Gasteiger partial charge in [-0.05, 0) is 42.5 Å². The van der Waals surface area contributed by atoms with Crippen LogP contribution in [0.4, 0.5) is 26.3 Å². The standard InChI is InChI=1S/C23H13ClF6N4OS/c24-19-8-7-14(11-31-19)20-32-33-21(34(20)17-6-2-5-16(10-17)23(28,29)30)36-12-18(35)13-3-1-4-15(9-13)22(25,26)27/h1-11H,12H2. The second-order valence-electron chi connectivity index (χ2n) is 7.35. The van der Waals surface area contributed by atoms with E-state index in [2.05, 4.69) is 15.2 Å². The summed E-state index contributed by atoms with van der Waals surface area (Å²) in [6.07, 6.45) is -7.87. The largest absolute Gasteiger partial charge is 0.416 e. The molecule has 0 unspecified atom stereocenters. The first-order valence-corrected chi connectivity index (χ1v) is 11.4. The number of carbonyl (C=O) groups is 1. The highest BCUT2D eigenvalue weighted by atomic mass is 35.5. The Labute approximate surface area is 209 Å². The molecule has 0 bridgehead atoms. The molecule has 0 aliphatic carbocycles. The predicted octanol–water partition coefficient (Wildman–Crippen LogP) is 7.00. The molecule has 2 aromatic carbocycles. The Morgan fingerprint density at radius 3 is 2.19 bits per heavy atom. The summed E-state index contributed by atoms with van der Waals surface area (Å²) < 4.78 is 80.3. The van der Waals surface area contributed by atoms with Crippen molar-refractivity contribution in [3.8, 4) is 17.1 Å². The van der Waals surface area contributed by atoms with Gasteiger partial charge < -0.3 is 0 Å². The molecule has 36 heavy (non-hydrogen) atoms. The second kappa shape index (κ2) is 9.94. The first kappa shape index (κ1) is 25.7. The summed E-state index contributed by atoms with van der Waals surface area (Å²) in [6, 6.07) is 11.4. The van der Waals surface area contributed by atoms with Crippen molar-refractivity contribution in [3.05, 3.63) is 88.7 Å². The fourth-order valence-corrected chi connectivity index (χ4v) is 4.15. The minimum absolute atomic E-state index is 0.0552. The quantitative estimate of drug-likeness (QED) is 0.114. The lowest BCUT2D eigenvalue weighted by Gasteiger charge is -2.13. The number of ketones is 1. The van der Waals surface area contributed by atoms with Crippen molar-refractivity contribution in [1.82, 2.24) is 19.7 Å². The molecule has 0 aliphatic heterocycles. The number of pyridine rings is 1. The number of nitrogens with zero attached hydrogens (tertiary/aromatic N) is 4. The summed E-state index contributed by atoms with van der Waals surface area (Å²) in [4.78, 5) is 16.6. The van der Waals surface area contributed by atoms with Crippen LogP contribution in [0.5, 0.6) is 0 Å². The van der Waals surface area contributed by atoms with E-state index in [0.717, 1.165) is 42.1 Å². The Hall–Kier alpha value is -3.38. The molecule has 0 radical (unpaired) electrons. The van der Waals surface area contributed by atoms with E-state index in [1.807, 2.05) is 0 Å². The maximum absolute atomic E-state index is 13.3. The van der Waals surface area contributed by atoms with E-state index in [1.54, 1.807) is 6.07 Å². The molecule has 0 fully saturated rings. The van der Waals surface area contributed by atoms with Crippen LogP contribution in [0.3, 0.4) is 0 Å². The lowest BCUT2D eigenvalue weighted by Crippen LogP contribution is -2.09. The number of hydrogen-bond acceptors (Lipinski definition) is 5. The van der Waals surface area contributed by atoms with Crippen LogP contribution >= 0.6 is 23.4 Å². The molecule has 0 aliphatic rings. The summed E-state index contributed by atoms with van der Waals surface area (Å²) in [5, 5.41) is 8.30. The number of alkyl halides is 6. The van der Waals surface area contributed by atoms with Gasteiger partial charge in [-0.1, -0.05) is 41.6 Å². The lowest BCUT2D eigenvalue weighted by atomic mass is 10.1. The number of halogens is 7. The monoisotopic (exact) mass is 542 g/mol. The SMILES string of the molecule is O=C(CSc1nnc(-c2ccc(Cl)nc2)n1-c1cccc(C(F)(F)F)c1)c1cccc(C(F)(F)F)c1. The van der Waals surface area contributed by atoms with Crippen molar-refractivity contribution in [3.63, 3.8) is 0 Å². The van der Waals surface area contributed by atoms with Gasteiger partial charge in [0.05, 0.1) is 22.6 Å². The number of carbonyl (C=O) groups excluding carboxylic acids is 1. The van der Waals surface area contributed by atoms with Crippen molar-refractivity contribution < 1.29 is 31.1 Å². The van der Waals surface area contributed by atoms with Crippen molar-refractivity contribution >= 4 is 29.1 Å². The molecule has 2 heterocycles. The van der Waals surface area contributed by atoms with Gasteiger partial charge in [0.2, 0.25) is 0 Å². The molecule has 0 N–H and O–H groups in total. The topological polar surface area (TPSA) is 60.7 Å². The van der Waals surface area contributed by atoms with E-state index in [9.17, 15) is 31.1 Å². The maximum Gasteiger partial charge on any atom is 0.416 e. The molecular weight excluding hydrogens is 530 g/mol. The van der Waals surface area contributed by atoms with E-state index in [0.29, 0.717) is 5.56 Å². The summed E-state index contributed by atoms with van der Waals surface area (Å²) in [6.45, 7) is 0. The predicted molar refractivity (Wildman–Crippen MR) is 121 cm³/mol. The van der Waals surface area contributed by atoms with Gasteiger partial charge in [0, 0.05) is 17.3 Å². The average molecular weight is 543 g/mol. The molecule has 0 atom stereocenters. The lowest BCUT2D eigenvalue weighted by molar-refractivity contribution is -0.138. The third kappa shape index (κ3) is 5.71. The molecule has 0 saturated heterocycles. The van der Waals surface area contributed by atoms with Crippen LogP contribution in [0.15, 0.2) is 72.0 Å². The summed E-state index contributed by atoms with van der Waals surface area (Å²) in [7, 11) is 0. The minimum Gasteiger partial charge on any atom is -0.293 e. The molecule has 0 saturated carbocycles. The Bertz CT molecular complexity index is 1400. The Morgan fingerprint density at radius 2 is 1.56 bits per heavy atom. The summed E-state index contributed by atoms with van der Waals surface area (Å²) in [5.74, 6) is -0.830. The van der Waals surface area contributed by atoms with Gasteiger partial charge in [0.1, 0.15) is 5.15 Å². The molecular formula is C23H13ClF6N4OS. The van der Waals surface area contributed by atoms with Crippen LogP contribution in [0.25, 0.3) is 17.1 Å². The van der Waals surface area contributed by atoms with Crippen molar-refractivity contribution in [2.24, 2.45) is 0 Å². The number of hydrogen-bond donors (Lipinski definition) is 0. The highest BCUT2D eigenvalue weighted by Gasteiger charge is 2.32. The van der Waals surface area contributed by atoms with E-state index in [4.69, 9.17) is 11.6 Å². The van der Waals surface area contributed by atoms with Crippen LogP contribution in [-0.2, 0) is 12.4 Å². The molecule has 13 heteroatoms. The Kier molecular flexibility index (Phi) is 7.10. The molecule has 2 aromatic heterocycles. The normalized spacial score (nSPS) is 12.1. The van der Waals surface area contributed by atoms with Crippen LogP contribution in [0.1, 0.15) is 21.5 Å². The first-order chi connectivity index (χ1) is 16.9. The fraction of sp³-hybridized carbons (Fsp3) is 0.130. The third-order valence-electron chi connectivity index (χ3n) is 4.89. The average Bonchev–Trinajstić information content (AvgIpc) is 3.26. The molecule has 4 rings (SSSR count). The van der Waals surface area contributed by atoms with Gasteiger partial charge in [-0.3, -0.25) is 9.36 Å².